The zero-order chi connectivity index (χ0) is 14.8. The van der Waals surface area contributed by atoms with Crippen molar-refractivity contribution in [2.24, 2.45) is 11.8 Å². The summed E-state index contributed by atoms with van der Waals surface area (Å²) in [7, 11) is 0. The minimum atomic E-state index is 0. The highest BCUT2D eigenvalue weighted by Crippen LogP contribution is 2.50. The molecule has 0 N–H and O–H groups in total. The average molecular weight is 342 g/mol. The zero-order valence-corrected chi connectivity index (χ0v) is 15.6. The number of rotatable bonds is 2. The molecule has 2 nitrogen and oxygen atoms in total. The molecular weight excluding hydrogens is 306 g/mol. The Morgan fingerprint density at radius 1 is 0.696 bits per heavy atom. The predicted octanol–water partition coefficient (Wildman–Crippen LogP) is 5.54. The largest absolute Gasteiger partial charge is 0.359 e. The Hall–Kier alpha value is 0.210. The van der Waals surface area contributed by atoms with E-state index in [2.05, 4.69) is 4.90 Å². The molecule has 4 aliphatic rings. The maximum absolute atomic E-state index is 6.84. The lowest BCUT2D eigenvalue weighted by Gasteiger charge is -2.56. The van der Waals surface area contributed by atoms with Gasteiger partial charge in [0.05, 0.1) is 5.60 Å². The molecule has 0 aromatic rings. The number of hydrogen-bond donors (Lipinski definition) is 0. The maximum atomic E-state index is 6.84. The van der Waals surface area contributed by atoms with Crippen molar-refractivity contribution in [3.63, 3.8) is 0 Å². The summed E-state index contributed by atoms with van der Waals surface area (Å²) in [6.45, 7) is 2.23. The van der Waals surface area contributed by atoms with E-state index in [-0.39, 0.29) is 18.0 Å². The maximum Gasteiger partial charge on any atom is 0.100 e. The Morgan fingerprint density at radius 3 is 1.87 bits per heavy atom. The summed E-state index contributed by atoms with van der Waals surface area (Å²) in [6.07, 6.45) is 20.2. The number of nitrogens with zero attached hydrogens (tertiary/aromatic N) is 1. The van der Waals surface area contributed by atoms with Gasteiger partial charge in [-0.05, 0) is 56.8 Å². The quantitative estimate of drug-likeness (QED) is 0.653. The van der Waals surface area contributed by atoms with Crippen molar-refractivity contribution in [1.29, 1.82) is 0 Å². The van der Waals surface area contributed by atoms with Gasteiger partial charge in [-0.2, -0.15) is 0 Å². The molecule has 1 atom stereocenters. The van der Waals surface area contributed by atoms with Crippen LogP contribution in [0.5, 0.6) is 0 Å². The normalized spacial score (nSPS) is 33.7. The first kappa shape index (κ1) is 18.0. The van der Waals surface area contributed by atoms with Gasteiger partial charge >= 0.3 is 0 Å². The summed E-state index contributed by atoms with van der Waals surface area (Å²) >= 11 is 0. The molecule has 2 saturated carbocycles. The second kappa shape index (κ2) is 8.06. The van der Waals surface area contributed by atoms with Gasteiger partial charge in [0.1, 0.15) is 6.73 Å². The van der Waals surface area contributed by atoms with Gasteiger partial charge < -0.3 is 4.74 Å². The highest BCUT2D eigenvalue weighted by molar-refractivity contribution is 5.85. The van der Waals surface area contributed by atoms with Crippen LogP contribution in [-0.4, -0.2) is 29.8 Å². The summed E-state index contributed by atoms with van der Waals surface area (Å²) in [5.74, 6) is 1.74. The van der Waals surface area contributed by atoms with E-state index in [1.807, 2.05) is 0 Å². The fraction of sp³-hybridized carbons (Fsp3) is 1.00. The number of fused-ring (bicyclic) bond motifs is 1. The van der Waals surface area contributed by atoms with E-state index in [4.69, 9.17) is 4.74 Å². The minimum absolute atomic E-state index is 0. The third-order valence-corrected chi connectivity index (χ3v) is 7.40. The molecule has 2 saturated heterocycles. The third kappa shape index (κ3) is 3.60. The van der Waals surface area contributed by atoms with E-state index in [1.54, 1.807) is 0 Å². The van der Waals surface area contributed by atoms with Gasteiger partial charge in [0, 0.05) is 12.6 Å². The summed E-state index contributed by atoms with van der Waals surface area (Å²) in [5.41, 5.74) is 0.263. The van der Waals surface area contributed by atoms with Crippen LogP contribution in [-0.2, 0) is 4.74 Å². The van der Waals surface area contributed by atoms with Crippen LogP contribution < -0.4 is 0 Å². The third-order valence-electron chi connectivity index (χ3n) is 7.40. The van der Waals surface area contributed by atoms with E-state index in [0.717, 1.165) is 24.6 Å². The average Bonchev–Trinajstić information content (AvgIpc) is 2.63. The van der Waals surface area contributed by atoms with Gasteiger partial charge in [-0.1, -0.05) is 44.9 Å². The second-order valence-corrected chi connectivity index (χ2v) is 8.56. The molecule has 134 valence electrons. The Kier molecular flexibility index (Phi) is 6.31. The van der Waals surface area contributed by atoms with E-state index in [9.17, 15) is 0 Å². The molecule has 2 aliphatic heterocycles. The Morgan fingerprint density at radius 2 is 1.26 bits per heavy atom. The highest BCUT2D eigenvalue weighted by atomic mass is 35.5. The summed E-state index contributed by atoms with van der Waals surface area (Å²) in [5, 5.41) is 0. The van der Waals surface area contributed by atoms with Crippen LogP contribution in [0.1, 0.15) is 89.9 Å². The van der Waals surface area contributed by atoms with Crippen molar-refractivity contribution in [2.45, 2.75) is 102 Å². The summed E-state index contributed by atoms with van der Waals surface area (Å²) in [4.78, 5) is 2.66. The first-order valence-electron chi connectivity index (χ1n) is 10.3. The topological polar surface area (TPSA) is 12.5 Å². The van der Waals surface area contributed by atoms with Gasteiger partial charge in [-0.15, -0.1) is 12.4 Å². The fourth-order valence-electron chi connectivity index (χ4n) is 6.18. The Labute approximate surface area is 149 Å². The van der Waals surface area contributed by atoms with Crippen LogP contribution >= 0.6 is 12.4 Å². The molecule has 2 aliphatic carbocycles. The SMILES string of the molecule is C1CCC(C2(C3CCCCC3)CC3CCCCN3CO2)CC1.Cl. The van der Waals surface area contributed by atoms with E-state index in [1.165, 1.54) is 96.4 Å². The Balaban J connectivity index is 0.00000156. The van der Waals surface area contributed by atoms with E-state index >= 15 is 0 Å². The van der Waals surface area contributed by atoms with E-state index in [0.29, 0.717) is 0 Å². The Bertz CT molecular complexity index is 345. The van der Waals surface area contributed by atoms with Gasteiger partial charge in [0.15, 0.2) is 0 Å². The fourth-order valence-corrected chi connectivity index (χ4v) is 6.18. The second-order valence-electron chi connectivity index (χ2n) is 8.56. The van der Waals surface area contributed by atoms with Crippen molar-refractivity contribution in [1.82, 2.24) is 4.90 Å². The summed E-state index contributed by atoms with van der Waals surface area (Å²) in [6, 6.07) is 0.839. The van der Waals surface area contributed by atoms with Crippen molar-refractivity contribution in [3.05, 3.63) is 0 Å². The van der Waals surface area contributed by atoms with Gasteiger partial charge in [0.2, 0.25) is 0 Å². The lowest BCUT2D eigenvalue weighted by Crippen LogP contribution is -2.60. The number of halogens is 1. The lowest BCUT2D eigenvalue weighted by atomic mass is 9.63. The van der Waals surface area contributed by atoms with Gasteiger partial charge in [-0.25, -0.2) is 0 Å². The smallest absolute Gasteiger partial charge is 0.100 e. The molecule has 1 unspecified atom stereocenters. The zero-order valence-electron chi connectivity index (χ0n) is 14.8. The molecule has 4 fully saturated rings. The van der Waals surface area contributed by atoms with Crippen LogP contribution in [0.2, 0.25) is 0 Å². The molecule has 0 spiro atoms. The van der Waals surface area contributed by atoms with Crippen molar-refractivity contribution < 1.29 is 4.74 Å². The van der Waals surface area contributed by atoms with E-state index < -0.39 is 0 Å². The molecule has 0 amide bonds. The van der Waals surface area contributed by atoms with Crippen LogP contribution in [0.25, 0.3) is 0 Å². The first-order valence-corrected chi connectivity index (χ1v) is 10.3. The number of hydrogen-bond acceptors (Lipinski definition) is 2. The van der Waals surface area contributed by atoms with Crippen molar-refractivity contribution in [2.75, 3.05) is 13.3 Å². The molecule has 2 heterocycles. The molecule has 3 heteroatoms. The number of piperidine rings is 1. The van der Waals surface area contributed by atoms with Crippen LogP contribution in [0.3, 0.4) is 0 Å². The highest BCUT2D eigenvalue weighted by Gasteiger charge is 2.51. The monoisotopic (exact) mass is 341 g/mol. The lowest BCUT2D eigenvalue weighted by molar-refractivity contribution is -0.225. The molecule has 0 bridgehead atoms. The summed E-state index contributed by atoms with van der Waals surface area (Å²) < 4.78 is 6.84. The predicted molar refractivity (Wildman–Crippen MR) is 98.0 cm³/mol. The van der Waals surface area contributed by atoms with Crippen LogP contribution in [0.15, 0.2) is 0 Å². The molecule has 0 radical (unpaired) electrons. The van der Waals surface area contributed by atoms with Gasteiger partial charge in [0.25, 0.3) is 0 Å². The molecule has 4 rings (SSSR count). The van der Waals surface area contributed by atoms with Crippen molar-refractivity contribution >= 4 is 12.4 Å². The first-order chi connectivity index (χ1) is 10.9. The molecular formula is C20H36ClNO. The van der Waals surface area contributed by atoms with Crippen LogP contribution in [0.4, 0.5) is 0 Å². The number of ether oxygens (including phenoxy) is 1. The van der Waals surface area contributed by atoms with Gasteiger partial charge in [-0.3, -0.25) is 4.90 Å². The standard InChI is InChI=1S/C20H35NO.ClH/c1-3-9-17(10-4-1)20(18-11-5-2-6-12-18)15-19-13-7-8-14-21(19)16-22-20;/h17-19H,1-16H2;1H. The van der Waals surface area contributed by atoms with Crippen LogP contribution in [0, 0.1) is 11.8 Å². The molecule has 0 aromatic carbocycles. The minimum Gasteiger partial charge on any atom is -0.359 e. The molecule has 0 aromatic heterocycles. The molecule has 23 heavy (non-hydrogen) atoms. The van der Waals surface area contributed by atoms with Crippen molar-refractivity contribution in [3.8, 4) is 0 Å².